The minimum absolute atomic E-state index is 0.0701. The van der Waals surface area contributed by atoms with Crippen molar-refractivity contribution in [1.29, 1.82) is 0 Å². The zero-order valence-electron chi connectivity index (χ0n) is 14.4. The largest absolute Gasteiger partial charge is 0.493 e. The van der Waals surface area contributed by atoms with Gasteiger partial charge >= 0.3 is 5.97 Å². The third-order valence-corrected chi connectivity index (χ3v) is 4.56. The lowest BCUT2D eigenvalue weighted by Gasteiger charge is -2.19. The highest BCUT2D eigenvalue weighted by atomic mass is 35.5. The zero-order chi connectivity index (χ0) is 18.8. The minimum Gasteiger partial charge on any atom is -0.493 e. The molecule has 1 aliphatic heterocycles. The van der Waals surface area contributed by atoms with Crippen molar-refractivity contribution in [3.8, 4) is 11.5 Å². The van der Waals surface area contributed by atoms with Crippen LogP contribution in [0.5, 0.6) is 11.5 Å². The van der Waals surface area contributed by atoms with Crippen molar-refractivity contribution in [1.82, 2.24) is 0 Å². The Bertz CT molecular complexity index is 867. The highest BCUT2D eigenvalue weighted by molar-refractivity contribution is 6.33. The number of carbonyl (C=O) groups is 2. The highest BCUT2D eigenvalue weighted by Gasteiger charge is 2.37. The van der Waals surface area contributed by atoms with Gasteiger partial charge in [0.15, 0.2) is 11.5 Å². The van der Waals surface area contributed by atoms with E-state index in [4.69, 9.17) is 21.1 Å². The molecule has 7 heteroatoms. The van der Waals surface area contributed by atoms with Gasteiger partial charge in [0.05, 0.1) is 18.7 Å². The highest BCUT2D eigenvalue weighted by Crippen LogP contribution is 2.40. The van der Waals surface area contributed by atoms with Gasteiger partial charge in [0.1, 0.15) is 5.92 Å². The molecule has 3 rings (SSSR count). The summed E-state index contributed by atoms with van der Waals surface area (Å²) in [6.45, 7) is 2.30. The molecule has 0 bridgehead atoms. The number of anilines is 1. The zero-order valence-corrected chi connectivity index (χ0v) is 15.1. The second-order valence-corrected chi connectivity index (χ2v) is 6.20. The van der Waals surface area contributed by atoms with Crippen molar-refractivity contribution in [3.05, 3.63) is 52.5 Å². The van der Waals surface area contributed by atoms with Crippen LogP contribution in [-0.2, 0) is 4.79 Å². The van der Waals surface area contributed by atoms with Gasteiger partial charge in [0.25, 0.3) is 5.91 Å². The molecule has 1 N–H and O–H groups in total. The van der Waals surface area contributed by atoms with Crippen molar-refractivity contribution >= 4 is 29.2 Å². The number of carboxylic acid groups (broad SMARTS) is 1. The molecule has 1 atom stereocenters. The summed E-state index contributed by atoms with van der Waals surface area (Å²) in [6.07, 6.45) is 0. The molecule has 2 aromatic rings. The van der Waals surface area contributed by atoms with Crippen LogP contribution < -0.4 is 14.4 Å². The quantitative estimate of drug-likeness (QED) is 0.864. The number of hydrogen-bond donors (Lipinski definition) is 1. The topological polar surface area (TPSA) is 76.1 Å². The Kier molecular flexibility index (Phi) is 5.04. The molecule has 1 aliphatic rings. The van der Waals surface area contributed by atoms with Crippen molar-refractivity contribution < 1.29 is 24.2 Å². The van der Waals surface area contributed by atoms with Gasteiger partial charge in [-0.05, 0) is 30.7 Å². The normalized spacial score (nSPS) is 15.5. The van der Waals surface area contributed by atoms with E-state index in [0.717, 1.165) is 0 Å². The van der Waals surface area contributed by atoms with E-state index in [1.54, 1.807) is 30.3 Å². The maximum Gasteiger partial charge on any atom is 0.312 e. The standard InChI is InChI=1S/C19H18ClNO5/c1-3-26-17-14(20)8-11(9-16(17)25-2)18(22)21-10-13(19(23)24)12-6-4-5-7-15(12)21/h4-9,13H,3,10H2,1-2H3,(H,23,24). The van der Waals surface area contributed by atoms with Gasteiger partial charge in [-0.25, -0.2) is 0 Å². The monoisotopic (exact) mass is 375 g/mol. The van der Waals surface area contributed by atoms with Crippen LogP contribution in [0.3, 0.4) is 0 Å². The number of halogens is 1. The molecule has 0 spiro atoms. The van der Waals surface area contributed by atoms with Crippen LogP contribution in [0.4, 0.5) is 5.69 Å². The average molecular weight is 376 g/mol. The molecule has 0 saturated carbocycles. The Morgan fingerprint density at radius 3 is 2.69 bits per heavy atom. The first-order chi connectivity index (χ1) is 12.5. The fourth-order valence-electron chi connectivity index (χ4n) is 3.09. The van der Waals surface area contributed by atoms with Crippen molar-refractivity contribution in [2.24, 2.45) is 0 Å². The van der Waals surface area contributed by atoms with Gasteiger partial charge in [0, 0.05) is 17.8 Å². The minimum atomic E-state index is -0.963. The van der Waals surface area contributed by atoms with Gasteiger partial charge in [-0.3, -0.25) is 9.59 Å². The van der Waals surface area contributed by atoms with Gasteiger partial charge < -0.3 is 19.5 Å². The molecular formula is C19H18ClNO5. The molecule has 0 saturated heterocycles. The molecular weight excluding hydrogens is 358 g/mol. The number of carboxylic acids is 1. The van der Waals surface area contributed by atoms with E-state index in [1.807, 2.05) is 6.92 Å². The third kappa shape index (κ3) is 3.08. The Hall–Kier alpha value is -2.73. The number of carbonyl (C=O) groups excluding carboxylic acids is 1. The van der Waals surface area contributed by atoms with E-state index in [2.05, 4.69) is 0 Å². The molecule has 136 valence electrons. The summed E-state index contributed by atoms with van der Waals surface area (Å²) in [5, 5.41) is 9.72. The Balaban J connectivity index is 2.00. The summed E-state index contributed by atoms with van der Waals surface area (Å²) in [4.78, 5) is 26.0. The lowest BCUT2D eigenvalue weighted by Crippen LogP contribution is -2.31. The molecule has 1 amide bonds. The Labute approximate surface area is 155 Å². The van der Waals surface area contributed by atoms with Crippen molar-refractivity contribution in [2.75, 3.05) is 25.2 Å². The number of fused-ring (bicyclic) bond motifs is 1. The number of methoxy groups -OCH3 is 1. The van der Waals surface area contributed by atoms with Gasteiger partial charge in [-0.1, -0.05) is 29.8 Å². The van der Waals surface area contributed by atoms with Crippen LogP contribution >= 0.6 is 11.6 Å². The van der Waals surface area contributed by atoms with E-state index in [-0.39, 0.29) is 17.5 Å². The van der Waals surface area contributed by atoms with Crippen molar-refractivity contribution in [3.63, 3.8) is 0 Å². The van der Waals surface area contributed by atoms with Gasteiger partial charge in [-0.15, -0.1) is 0 Å². The SMILES string of the molecule is CCOc1c(Cl)cc(C(=O)N2CC(C(=O)O)c3ccccc32)cc1OC. The van der Waals surface area contributed by atoms with Gasteiger partial charge in [0.2, 0.25) is 0 Å². The number of benzene rings is 2. The number of rotatable bonds is 5. The first-order valence-electron chi connectivity index (χ1n) is 8.11. The van der Waals surface area contributed by atoms with E-state index < -0.39 is 11.9 Å². The molecule has 0 fully saturated rings. The summed E-state index contributed by atoms with van der Waals surface area (Å²) >= 11 is 6.25. The van der Waals surface area contributed by atoms with Crippen LogP contribution in [0, 0.1) is 0 Å². The predicted molar refractivity (Wildman–Crippen MR) is 97.7 cm³/mol. The first kappa shape index (κ1) is 18.1. The first-order valence-corrected chi connectivity index (χ1v) is 8.49. The lowest BCUT2D eigenvalue weighted by atomic mass is 10.0. The molecule has 1 heterocycles. The fourth-order valence-corrected chi connectivity index (χ4v) is 3.36. The third-order valence-electron chi connectivity index (χ3n) is 4.28. The van der Waals surface area contributed by atoms with Crippen LogP contribution in [0.2, 0.25) is 5.02 Å². The van der Waals surface area contributed by atoms with E-state index >= 15 is 0 Å². The number of amides is 1. The summed E-state index contributed by atoms with van der Waals surface area (Å²) in [7, 11) is 1.47. The Morgan fingerprint density at radius 1 is 1.31 bits per heavy atom. The van der Waals surface area contributed by atoms with E-state index in [1.165, 1.54) is 18.1 Å². The number of ether oxygens (including phenoxy) is 2. The fraction of sp³-hybridized carbons (Fsp3) is 0.263. The number of para-hydroxylation sites is 1. The van der Waals surface area contributed by atoms with Crippen LogP contribution in [0.25, 0.3) is 0 Å². The molecule has 0 aliphatic carbocycles. The number of hydrogen-bond acceptors (Lipinski definition) is 4. The molecule has 0 radical (unpaired) electrons. The van der Waals surface area contributed by atoms with Crippen molar-refractivity contribution in [2.45, 2.75) is 12.8 Å². The summed E-state index contributed by atoms with van der Waals surface area (Å²) < 4.78 is 10.8. The lowest BCUT2D eigenvalue weighted by molar-refractivity contribution is -0.138. The summed E-state index contributed by atoms with van der Waals surface area (Å²) in [6, 6.07) is 10.1. The van der Waals surface area contributed by atoms with Crippen LogP contribution in [0.15, 0.2) is 36.4 Å². The Morgan fingerprint density at radius 2 is 2.04 bits per heavy atom. The summed E-state index contributed by atoms with van der Waals surface area (Å²) in [5.74, 6) is -1.34. The second kappa shape index (κ2) is 7.25. The maximum atomic E-state index is 13.0. The summed E-state index contributed by atoms with van der Waals surface area (Å²) in [5.41, 5.74) is 1.52. The molecule has 2 aromatic carbocycles. The van der Waals surface area contributed by atoms with E-state index in [0.29, 0.717) is 34.9 Å². The number of nitrogens with zero attached hydrogens (tertiary/aromatic N) is 1. The molecule has 6 nitrogen and oxygen atoms in total. The molecule has 0 aromatic heterocycles. The van der Waals surface area contributed by atoms with Crippen LogP contribution in [0.1, 0.15) is 28.8 Å². The molecule has 1 unspecified atom stereocenters. The van der Waals surface area contributed by atoms with E-state index in [9.17, 15) is 14.7 Å². The number of aliphatic carboxylic acids is 1. The maximum absolute atomic E-state index is 13.0. The molecule has 26 heavy (non-hydrogen) atoms. The predicted octanol–water partition coefficient (Wildman–Crippen LogP) is 3.58. The second-order valence-electron chi connectivity index (χ2n) is 5.79. The average Bonchev–Trinajstić information content (AvgIpc) is 3.02. The smallest absolute Gasteiger partial charge is 0.312 e. The van der Waals surface area contributed by atoms with Gasteiger partial charge in [-0.2, -0.15) is 0 Å². The van der Waals surface area contributed by atoms with Crippen LogP contribution in [-0.4, -0.2) is 37.2 Å².